The number of rotatable bonds is 10. The Kier molecular flexibility index (Phi) is 9.60. The van der Waals surface area contributed by atoms with E-state index in [-0.39, 0.29) is 43.1 Å². The third kappa shape index (κ3) is 7.64. The minimum atomic E-state index is -3.39. The number of likely N-dealkylation sites (tertiary alicyclic amines) is 1. The van der Waals surface area contributed by atoms with Crippen LogP contribution >= 0.6 is 0 Å². The minimum absolute atomic E-state index is 0.0000765. The summed E-state index contributed by atoms with van der Waals surface area (Å²) >= 11 is 0. The van der Waals surface area contributed by atoms with Gasteiger partial charge in [0, 0.05) is 30.3 Å². The van der Waals surface area contributed by atoms with Gasteiger partial charge in [-0.05, 0) is 58.6 Å². The highest BCUT2D eigenvalue weighted by atomic mass is 32.2. The Morgan fingerprint density at radius 3 is 2.42 bits per heavy atom. The number of sulfonamides is 1. The first-order valence-electron chi connectivity index (χ1n) is 11.6. The van der Waals surface area contributed by atoms with E-state index in [1.54, 1.807) is 32.9 Å². The van der Waals surface area contributed by atoms with Crippen molar-refractivity contribution in [2.75, 3.05) is 6.54 Å². The van der Waals surface area contributed by atoms with Gasteiger partial charge in [-0.25, -0.2) is 13.1 Å². The van der Waals surface area contributed by atoms with Crippen molar-refractivity contribution in [2.24, 2.45) is 0 Å². The van der Waals surface area contributed by atoms with E-state index in [0.717, 1.165) is 32.1 Å². The van der Waals surface area contributed by atoms with Crippen molar-refractivity contribution >= 4 is 27.7 Å². The van der Waals surface area contributed by atoms with E-state index in [0.29, 0.717) is 24.1 Å². The number of carbonyl (C=O) groups is 3. The summed E-state index contributed by atoms with van der Waals surface area (Å²) in [6.45, 7) is 8.85. The fourth-order valence-corrected chi connectivity index (χ4v) is 4.68. The number of nitrogens with zero attached hydrogens (tertiary/aromatic N) is 1. The minimum Gasteiger partial charge on any atom is -0.326 e. The molecule has 0 aromatic rings. The summed E-state index contributed by atoms with van der Waals surface area (Å²) in [6.07, 6.45) is 11.0. The van der Waals surface area contributed by atoms with Gasteiger partial charge in [0.15, 0.2) is 0 Å². The number of allylic oxidation sites excluding steroid dienone is 3. The molecule has 1 aliphatic carbocycles. The van der Waals surface area contributed by atoms with Crippen molar-refractivity contribution in [2.45, 2.75) is 89.3 Å². The second-order valence-electron chi connectivity index (χ2n) is 9.57. The van der Waals surface area contributed by atoms with Crippen molar-refractivity contribution in [1.82, 2.24) is 14.9 Å². The quantitative estimate of drug-likeness (QED) is 0.216. The monoisotopic (exact) mass is 479 g/mol. The van der Waals surface area contributed by atoms with Crippen LogP contribution in [-0.4, -0.2) is 48.4 Å². The largest absolute Gasteiger partial charge is 0.326 e. The van der Waals surface area contributed by atoms with E-state index in [2.05, 4.69) is 16.6 Å². The summed E-state index contributed by atoms with van der Waals surface area (Å²) in [5, 5.41) is 2.73. The summed E-state index contributed by atoms with van der Waals surface area (Å²) in [4.78, 5) is 38.7. The van der Waals surface area contributed by atoms with Crippen molar-refractivity contribution < 1.29 is 22.8 Å². The van der Waals surface area contributed by atoms with Gasteiger partial charge in [-0.2, -0.15) is 0 Å². The zero-order valence-corrected chi connectivity index (χ0v) is 20.8. The molecule has 3 amide bonds. The second kappa shape index (κ2) is 11.7. The van der Waals surface area contributed by atoms with Gasteiger partial charge in [0.05, 0.1) is 11.2 Å². The second-order valence-corrected chi connectivity index (χ2v) is 12.1. The van der Waals surface area contributed by atoms with Crippen LogP contribution in [0.2, 0.25) is 0 Å². The molecule has 1 heterocycles. The molecule has 0 aromatic carbocycles. The normalized spacial score (nSPS) is 19.9. The average Bonchev–Trinajstić information content (AvgIpc) is 3.03. The van der Waals surface area contributed by atoms with Crippen LogP contribution in [0.3, 0.4) is 0 Å². The van der Waals surface area contributed by atoms with Crippen molar-refractivity contribution in [3.05, 3.63) is 36.1 Å². The van der Waals surface area contributed by atoms with Gasteiger partial charge in [0.2, 0.25) is 21.8 Å². The Morgan fingerprint density at radius 2 is 1.82 bits per heavy atom. The van der Waals surface area contributed by atoms with Gasteiger partial charge in [-0.15, -0.1) is 0 Å². The highest BCUT2D eigenvalue weighted by Crippen LogP contribution is 2.29. The van der Waals surface area contributed by atoms with Gasteiger partial charge in [0.1, 0.15) is 0 Å². The molecule has 0 unspecified atom stereocenters. The van der Waals surface area contributed by atoms with E-state index in [4.69, 9.17) is 0 Å². The van der Waals surface area contributed by atoms with E-state index in [9.17, 15) is 22.8 Å². The van der Waals surface area contributed by atoms with E-state index < -0.39 is 14.8 Å². The summed E-state index contributed by atoms with van der Waals surface area (Å²) in [5.74, 6) is -0.621. The molecule has 184 valence electrons. The fourth-order valence-electron chi connectivity index (χ4n) is 3.84. The molecule has 1 saturated carbocycles. The molecule has 0 aromatic heterocycles. The van der Waals surface area contributed by atoms with E-state index >= 15 is 0 Å². The number of hydrogen-bond donors (Lipinski definition) is 2. The lowest BCUT2D eigenvalue weighted by molar-refractivity contribution is -0.141. The van der Waals surface area contributed by atoms with Crippen LogP contribution in [0.25, 0.3) is 0 Å². The maximum Gasteiger partial charge on any atom is 0.257 e. The highest BCUT2D eigenvalue weighted by molar-refractivity contribution is 7.90. The lowest BCUT2D eigenvalue weighted by atomic mass is 9.94. The first kappa shape index (κ1) is 27.0. The Labute approximate surface area is 197 Å². The highest BCUT2D eigenvalue weighted by Gasteiger charge is 2.38. The lowest BCUT2D eigenvalue weighted by Gasteiger charge is -2.29. The van der Waals surface area contributed by atoms with Crippen molar-refractivity contribution in [3.63, 3.8) is 0 Å². The summed E-state index contributed by atoms with van der Waals surface area (Å²) in [6, 6.07) is 0.0000765. The zero-order valence-electron chi connectivity index (χ0n) is 20.0. The zero-order chi connectivity index (χ0) is 24.6. The Hall–Kier alpha value is -2.26. The predicted octanol–water partition coefficient (Wildman–Crippen LogP) is 3.08. The number of hydrogen-bond acceptors (Lipinski definition) is 5. The predicted molar refractivity (Wildman–Crippen MR) is 128 cm³/mol. The van der Waals surface area contributed by atoms with Crippen LogP contribution in [0.15, 0.2) is 36.1 Å². The van der Waals surface area contributed by atoms with Gasteiger partial charge < -0.3 is 5.32 Å². The molecular weight excluding hydrogens is 442 g/mol. The topological polar surface area (TPSA) is 113 Å². The molecule has 9 heteroatoms. The standard InChI is InChI=1S/C24H37N3O5S/c1-5-19(26-21(28)13-9-10-16-25-33(31,32)24(2,3)4)15-14-18-17-22(29)27(23(18)30)20-11-7-6-8-12-20/h5,14-15,20,25H,1,6-13,16-17H2,2-4H3,(H,26,28)/b18-14+,19-15+. The number of carbonyl (C=O) groups excluding carboxylic acids is 3. The molecule has 1 saturated heterocycles. The number of unbranched alkanes of at least 4 members (excludes halogenated alkanes) is 1. The van der Waals surface area contributed by atoms with Crippen LogP contribution in [0.4, 0.5) is 0 Å². The maximum absolute atomic E-state index is 12.7. The molecule has 2 N–H and O–H groups in total. The van der Waals surface area contributed by atoms with Crippen LogP contribution in [0.1, 0.15) is 78.6 Å². The lowest BCUT2D eigenvalue weighted by Crippen LogP contribution is -2.40. The number of amides is 3. The van der Waals surface area contributed by atoms with Crippen LogP contribution in [0, 0.1) is 0 Å². The molecule has 2 fully saturated rings. The van der Waals surface area contributed by atoms with Crippen molar-refractivity contribution in [3.8, 4) is 0 Å². The first-order valence-corrected chi connectivity index (χ1v) is 13.1. The fraction of sp³-hybridized carbons (Fsp3) is 0.625. The molecule has 0 spiro atoms. The van der Waals surface area contributed by atoms with Gasteiger partial charge >= 0.3 is 0 Å². The van der Waals surface area contributed by atoms with E-state index in [1.165, 1.54) is 11.0 Å². The Balaban J connectivity index is 1.83. The molecular formula is C24H37N3O5S. The third-order valence-electron chi connectivity index (χ3n) is 5.94. The van der Waals surface area contributed by atoms with Crippen molar-refractivity contribution in [1.29, 1.82) is 0 Å². The van der Waals surface area contributed by atoms with E-state index in [1.807, 2.05) is 0 Å². The number of imide groups is 1. The smallest absolute Gasteiger partial charge is 0.257 e. The Morgan fingerprint density at radius 1 is 1.15 bits per heavy atom. The Bertz CT molecular complexity index is 922. The first-order chi connectivity index (χ1) is 15.5. The average molecular weight is 480 g/mol. The SMILES string of the molecule is C=C/C(=C\C=C1/CC(=O)N(C2CCCCC2)C1=O)NC(=O)CCCCNS(=O)(=O)C(C)(C)C. The molecule has 0 radical (unpaired) electrons. The van der Waals surface area contributed by atoms with Gasteiger partial charge in [0.25, 0.3) is 5.91 Å². The van der Waals surface area contributed by atoms with Gasteiger partial charge in [-0.1, -0.05) is 31.9 Å². The molecule has 33 heavy (non-hydrogen) atoms. The molecule has 2 rings (SSSR count). The summed E-state index contributed by atoms with van der Waals surface area (Å²) < 4.78 is 25.7. The van der Waals surface area contributed by atoms with Crippen LogP contribution in [0.5, 0.6) is 0 Å². The molecule has 0 atom stereocenters. The summed E-state index contributed by atoms with van der Waals surface area (Å²) in [7, 11) is -3.39. The maximum atomic E-state index is 12.7. The molecule has 1 aliphatic heterocycles. The third-order valence-corrected chi connectivity index (χ3v) is 8.14. The van der Waals surface area contributed by atoms with Gasteiger partial charge in [-0.3, -0.25) is 19.3 Å². The molecule has 8 nitrogen and oxygen atoms in total. The molecule has 0 bridgehead atoms. The molecule has 2 aliphatic rings. The number of nitrogens with one attached hydrogen (secondary N) is 2. The van der Waals surface area contributed by atoms with Crippen LogP contribution in [-0.2, 0) is 24.4 Å². The summed E-state index contributed by atoms with van der Waals surface area (Å²) in [5.41, 5.74) is 0.864. The van der Waals surface area contributed by atoms with Crippen LogP contribution < -0.4 is 10.0 Å².